The molecule has 0 fully saturated rings. The van der Waals surface area contributed by atoms with Gasteiger partial charge in [-0.05, 0) is 55.4 Å². The van der Waals surface area contributed by atoms with Gasteiger partial charge >= 0.3 is 0 Å². The van der Waals surface area contributed by atoms with Crippen LogP contribution in [0.3, 0.4) is 0 Å². The number of thiocarbonyl (C=S) groups is 1. The van der Waals surface area contributed by atoms with Crippen LogP contribution in [-0.4, -0.2) is 16.0 Å². The summed E-state index contributed by atoms with van der Waals surface area (Å²) in [6, 6.07) is 13.5. The van der Waals surface area contributed by atoms with Gasteiger partial charge in [0.2, 0.25) is 11.8 Å². The van der Waals surface area contributed by atoms with Crippen LogP contribution < -0.4 is 10.6 Å². The number of amides is 1. The minimum Gasteiger partial charge on any atom is -0.436 e. The van der Waals surface area contributed by atoms with E-state index < -0.39 is 0 Å². The van der Waals surface area contributed by atoms with E-state index in [1.165, 1.54) is 0 Å². The van der Waals surface area contributed by atoms with Gasteiger partial charge in [-0.3, -0.25) is 4.79 Å². The summed E-state index contributed by atoms with van der Waals surface area (Å²) in [7, 11) is 0. The molecule has 5 nitrogen and oxygen atoms in total. The molecule has 0 radical (unpaired) electrons. The van der Waals surface area contributed by atoms with E-state index in [1.807, 2.05) is 56.3 Å². The fraction of sp³-hybridized carbons (Fsp3) is 0.211. The summed E-state index contributed by atoms with van der Waals surface area (Å²) in [5.41, 5.74) is 4.21. The predicted molar refractivity (Wildman–Crippen MR) is 103 cm³/mol. The second-order valence-electron chi connectivity index (χ2n) is 5.77. The highest BCUT2D eigenvalue weighted by Gasteiger charge is 2.11. The number of aromatic nitrogens is 1. The molecule has 0 aliphatic rings. The van der Waals surface area contributed by atoms with Crippen LogP contribution in [0.2, 0.25) is 0 Å². The topological polar surface area (TPSA) is 67.2 Å². The lowest BCUT2D eigenvalue weighted by Gasteiger charge is -2.12. The van der Waals surface area contributed by atoms with Crippen LogP contribution in [0.4, 0.5) is 5.69 Å². The SMILES string of the molecule is CCCC(=O)NC(=S)Nc1cc(-c2nc3ccccc3o2)ccc1C. The zero-order chi connectivity index (χ0) is 17.8. The van der Waals surface area contributed by atoms with Crippen molar-refractivity contribution in [2.45, 2.75) is 26.7 Å². The Bertz CT molecular complexity index is 900. The van der Waals surface area contributed by atoms with Crippen molar-refractivity contribution in [2.75, 3.05) is 5.32 Å². The van der Waals surface area contributed by atoms with Crippen LogP contribution in [0.25, 0.3) is 22.6 Å². The zero-order valence-corrected chi connectivity index (χ0v) is 14.9. The van der Waals surface area contributed by atoms with Gasteiger partial charge in [-0.25, -0.2) is 4.98 Å². The van der Waals surface area contributed by atoms with Crippen LogP contribution in [0.15, 0.2) is 46.9 Å². The van der Waals surface area contributed by atoms with E-state index in [-0.39, 0.29) is 11.0 Å². The maximum absolute atomic E-state index is 11.7. The first kappa shape index (κ1) is 17.1. The van der Waals surface area contributed by atoms with E-state index in [9.17, 15) is 4.79 Å². The number of rotatable bonds is 4. The second kappa shape index (κ2) is 7.44. The fourth-order valence-corrected chi connectivity index (χ4v) is 2.68. The van der Waals surface area contributed by atoms with Crippen molar-refractivity contribution in [2.24, 2.45) is 0 Å². The van der Waals surface area contributed by atoms with Gasteiger partial charge in [-0.1, -0.05) is 25.1 Å². The highest BCUT2D eigenvalue weighted by Crippen LogP contribution is 2.27. The van der Waals surface area contributed by atoms with Crippen molar-refractivity contribution in [3.8, 4) is 11.5 Å². The minimum absolute atomic E-state index is 0.0900. The van der Waals surface area contributed by atoms with Crippen LogP contribution >= 0.6 is 12.2 Å². The molecule has 0 unspecified atom stereocenters. The number of benzene rings is 2. The average Bonchev–Trinajstić information content (AvgIpc) is 3.01. The highest BCUT2D eigenvalue weighted by molar-refractivity contribution is 7.80. The Labute approximate surface area is 151 Å². The lowest BCUT2D eigenvalue weighted by Crippen LogP contribution is -2.34. The van der Waals surface area contributed by atoms with Crippen LogP contribution in [0.1, 0.15) is 25.3 Å². The number of aryl methyl sites for hydroxylation is 1. The summed E-state index contributed by atoms with van der Waals surface area (Å²) < 4.78 is 5.81. The van der Waals surface area contributed by atoms with E-state index >= 15 is 0 Å². The van der Waals surface area contributed by atoms with Crippen LogP contribution in [-0.2, 0) is 4.79 Å². The number of carbonyl (C=O) groups is 1. The van der Waals surface area contributed by atoms with Crippen molar-refractivity contribution >= 4 is 40.0 Å². The van der Waals surface area contributed by atoms with Crippen molar-refractivity contribution in [1.82, 2.24) is 10.3 Å². The zero-order valence-electron chi connectivity index (χ0n) is 14.1. The van der Waals surface area contributed by atoms with E-state index in [2.05, 4.69) is 15.6 Å². The number of nitrogens with one attached hydrogen (secondary N) is 2. The molecule has 25 heavy (non-hydrogen) atoms. The molecule has 0 saturated heterocycles. The van der Waals surface area contributed by atoms with Crippen LogP contribution in [0.5, 0.6) is 0 Å². The van der Waals surface area contributed by atoms with Gasteiger partial charge < -0.3 is 15.1 Å². The number of nitrogens with zero attached hydrogens (tertiary/aromatic N) is 1. The fourth-order valence-electron chi connectivity index (χ4n) is 2.46. The summed E-state index contributed by atoms with van der Waals surface area (Å²) in [5, 5.41) is 6.04. The molecular weight excluding hydrogens is 334 g/mol. The number of para-hydroxylation sites is 2. The minimum atomic E-state index is -0.0900. The molecule has 3 aromatic rings. The van der Waals surface area contributed by atoms with Gasteiger partial charge in [0.05, 0.1) is 0 Å². The molecule has 128 valence electrons. The van der Waals surface area contributed by atoms with Gasteiger partial charge in [0.25, 0.3) is 0 Å². The lowest BCUT2D eigenvalue weighted by molar-refractivity contribution is -0.119. The first-order valence-corrected chi connectivity index (χ1v) is 8.55. The Balaban J connectivity index is 1.83. The molecule has 6 heteroatoms. The Hall–Kier alpha value is -2.73. The lowest BCUT2D eigenvalue weighted by atomic mass is 10.1. The molecule has 1 amide bonds. The summed E-state index contributed by atoms with van der Waals surface area (Å²) >= 11 is 5.22. The summed E-state index contributed by atoms with van der Waals surface area (Å²) in [6.07, 6.45) is 1.23. The molecule has 0 spiro atoms. The molecular formula is C19H19N3O2S. The third-order valence-electron chi connectivity index (χ3n) is 3.76. The predicted octanol–water partition coefficient (Wildman–Crippen LogP) is 4.42. The maximum Gasteiger partial charge on any atom is 0.227 e. The van der Waals surface area contributed by atoms with E-state index in [0.29, 0.717) is 12.3 Å². The van der Waals surface area contributed by atoms with Crippen molar-refractivity contribution in [3.05, 3.63) is 48.0 Å². The number of oxazole rings is 1. The molecule has 1 aromatic heterocycles. The molecule has 0 atom stereocenters. The van der Waals surface area contributed by atoms with Gasteiger partial charge in [0.1, 0.15) is 5.52 Å². The number of hydrogen-bond acceptors (Lipinski definition) is 4. The van der Waals surface area contributed by atoms with Gasteiger partial charge in [-0.2, -0.15) is 0 Å². The van der Waals surface area contributed by atoms with Crippen LogP contribution in [0, 0.1) is 6.92 Å². The highest BCUT2D eigenvalue weighted by atomic mass is 32.1. The normalized spacial score (nSPS) is 10.6. The Morgan fingerprint density at radius 3 is 2.80 bits per heavy atom. The summed E-state index contributed by atoms with van der Waals surface area (Å²) in [5.74, 6) is 0.456. The molecule has 2 aromatic carbocycles. The van der Waals surface area contributed by atoms with Gasteiger partial charge in [0, 0.05) is 17.7 Å². The first-order chi connectivity index (χ1) is 12.1. The van der Waals surface area contributed by atoms with Crippen molar-refractivity contribution in [1.29, 1.82) is 0 Å². The molecule has 3 rings (SSSR count). The molecule has 0 aliphatic heterocycles. The van der Waals surface area contributed by atoms with Gasteiger partial charge in [0.15, 0.2) is 10.7 Å². The third kappa shape index (κ3) is 4.03. The summed E-state index contributed by atoms with van der Waals surface area (Å²) in [4.78, 5) is 16.2. The quantitative estimate of drug-likeness (QED) is 0.680. The summed E-state index contributed by atoms with van der Waals surface area (Å²) in [6.45, 7) is 3.92. The Morgan fingerprint density at radius 1 is 1.24 bits per heavy atom. The molecule has 1 heterocycles. The van der Waals surface area contributed by atoms with Gasteiger partial charge in [-0.15, -0.1) is 0 Å². The van der Waals surface area contributed by atoms with Crippen molar-refractivity contribution in [3.63, 3.8) is 0 Å². The average molecular weight is 353 g/mol. The van der Waals surface area contributed by atoms with E-state index in [0.717, 1.165) is 34.3 Å². The van der Waals surface area contributed by atoms with E-state index in [4.69, 9.17) is 16.6 Å². The smallest absolute Gasteiger partial charge is 0.227 e. The largest absolute Gasteiger partial charge is 0.436 e. The number of fused-ring (bicyclic) bond motifs is 1. The molecule has 0 saturated carbocycles. The second-order valence-corrected chi connectivity index (χ2v) is 6.18. The number of carbonyl (C=O) groups excluding carboxylic acids is 1. The molecule has 0 aliphatic carbocycles. The van der Waals surface area contributed by atoms with E-state index in [1.54, 1.807) is 0 Å². The third-order valence-corrected chi connectivity index (χ3v) is 3.96. The first-order valence-electron chi connectivity index (χ1n) is 8.14. The molecule has 0 bridgehead atoms. The standard InChI is InChI=1S/C19H19N3O2S/c1-3-6-17(23)22-19(25)21-15-11-13(10-9-12(15)2)18-20-14-7-4-5-8-16(14)24-18/h4-5,7-11H,3,6H2,1-2H3,(H2,21,22,23,25). The number of anilines is 1. The monoisotopic (exact) mass is 353 g/mol. The van der Waals surface area contributed by atoms with Crippen molar-refractivity contribution < 1.29 is 9.21 Å². The number of hydrogen-bond donors (Lipinski definition) is 2. The molecule has 2 N–H and O–H groups in total. The maximum atomic E-state index is 11.7. The Kier molecular flexibility index (Phi) is 5.09. The Morgan fingerprint density at radius 2 is 2.04 bits per heavy atom.